The number of non-ortho nitro benzene ring substituents is 1. The summed E-state index contributed by atoms with van der Waals surface area (Å²) >= 11 is 12.1. The normalized spacial score (nSPS) is 11.9. The summed E-state index contributed by atoms with van der Waals surface area (Å²) in [4.78, 5) is 24.8. The van der Waals surface area contributed by atoms with Crippen LogP contribution in [0.1, 0.15) is 12.5 Å². The average Bonchev–Trinajstić information content (AvgIpc) is 2.63. The first-order valence-corrected chi connectivity index (χ1v) is 8.76. The Labute approximate surface area is 167 Å². The van der Waals surface area contributed by atoms with Gasteiger partial charge in [-0.2, -0.15) is 0 Å². The number of nitrogens with one attached hydrogen (secondary N) is 1. The molecule has 0 aliphatic carbocycles. The highest BCUT2D eigenvalue weighted by molar-refractivity contribution is 6.35. The number of carbonyl (C=O) groups is 1. The molecule has 2 aromatic rings. The van der Waals surface area contributed by atoms with Crippen LogP contribution in [-0.2, 0) is 11.3 Å². The van der Waals surface area contributed by atoms with Crippen molar-refractivity contribution in [1.82, 2.24) is 4.90 Å². The minimum absolute atomic E-state index is 0.139. The number of hydrogen-bond acceptors (Lipinski definition) is 5. The lowest BCUT2D eigenvalue weighted by Gasteiger charge is -2.24. The van der Waals surface area contributed by atoms with E-state index >= 15 is 0 Å². The lowest BCUT2D eigenvalue weighted by molar-refractivity contribution is -0.384. The van der Waals surface area contributed by atoms with Gasteiger partial charge in [-0.25, -0.2) is 0 Å². The lowest BCUT2D eigenvalue weighted by atomic mass is 10.1. The van der Waals surface area contributed by atoms with Crippen LogP contribution < -0.4 is 10.1 Å². The van der Waals surface area contributed by atoms with E-state index < -0.39 is 11.0 Å². The van der Waals surface area contributed by atoms with Crippen molar-refractivity contribution in [2.75, 3.05) is 19.5 Å². The molecule has 9 heteroatoms. The maximum absolute atomic E-state index is 12.6. The number of nitro benzene ring substituents is 1. The third-order valence-electron chi connectivity index (χ3n) is 4.13. The van der Waals surface area contributed by atoms with E-state index in [0.29, 0.717) is 22.3 Å². The van der Waals surface area contributed by atoms with Crippen LogP contribution in [0.2, 0.25) is 10.0 Å². The van der Waals surface area contributed by atoms with Crippen molar-refractivity contribution in [3.05, 3.63) is 62.1 Å². The van der Waals surface area contributed by atoms with E-state index in [1.807, 2.05) is 0 Å². The van der Waals surface area contributed by atoms with Crippen LogP contribution in [0.4, 0.5) is 11.4 Å². The summed E-state index contributed by atoms with van der Waals surface area (Å²) in [5, 5.41) is 14.7. The van der Waals surface area contributed by atoms with E-state index in [-0.39, 0.29) is 17.3 Å². The van der Waals surface area contributed by atoms with Gasteiger partial charge in [0.15, 0.2) is 0 Å². The van der Waals surface area contributed by atoms with E-state index in [9.17, 15) is 14.9 Å². The number of amides is 1. The van der Waals surface area contributed by atoms with E-state index in [1.54, 1.807) is 37.1 Å². The maximum atomic E-state index is 12.6. The molecular formula is C18H19Cl2N3O4. The fourth-order valence-corrected chi connectivity index (χ4v) is 2.87. The van der Waals surface area contributed by atoms with Crippen LogP contribution in [0, 0.1) is 10.1 Å². The third-order valence-corrected chi connectivity index (χ3v) is 4.71. The van der Waals surface area contributed by atoms with Crippen molar-refractivity contribution in [2.45, 2.75) is 19.5 Å². The second-order valence-electron chi connectivity index (χ2n) is 5.96. The summed E-state index contributed by atoms with van der Waals surface area (Å²) < 4.78 is 5.16. The zero-order valence-electron chi connectivity index (χ0n) is 15.0. The largest absolute Gasteiger partial charge is 0.495 e. The van der Waals surface area contributed by atoms with Crippen molar-refractivity contribution in [3.63, 3.8) is 0 Å². The molecule has 1 atom stereocenters. The van der Waals surface area contributed by atoms with Crippen LogP contribution in [-0.4, -0.2) is 35.9 Å². The smallest absolute Gasteiger partial charge is 0.271 e. The number of halogens is 2. The summed E-state index contributed by atoms with van der Waals surface area (Å²) in [5.41, 5.74) is 0.928. The van der Waals surface area contributed by atoms with Crippen LogP contribution >= 0.6 is 23.2 Å². The molecule has 7 nitrogen and oxygen atoms in total. The first kappa shape index (κ1) is 21.0. The molecule has 0 fully saturated rings. The zero-order chi connectivity index (χ0) is 20.1. The molecule has 0 aliphatic heterocycles. The molecule has 0 heterocycles. The molecule has 27 heavy (non-hydrogen) atoms. The van der Waals surface area contributed by atoms with Crippen molar-refractivity contribution in [2.24, 2.45) is 0 Å². The Hall–Kier alpha value is -2.35. The van der Waals surface area contributed by atoms with Crippen LogP contribution in [0.25, 0.3) is 0 Å². The molecule has 1 N–H and O–H groups in total. The number of nitrogens with zero attached hydrogens (tertiary/aromatic N) is 2. The summed E-state index contributed by atoms with van der Waals surface area (Å²) in [6.45, 7) is 2.15. The van der Waals surface area contributed by atoms with Gasteiger partial charge in [0, 0.05) is 28.7 Å². The number of benzene rings is 2. The second kappa shape index (κ2) is 9.03. The van der Waals surface area contributed by atoms with Crippen LogP contribution in [0.3, 0.4) is 0 Å². The third kappa shape index (κ3) is 5.32. The first-order chi connectivity index (χ1) is 12.7. The second-order valence-corrected chi connectivity index (χ2v) is 6.80. The lowest BCUT2D eigenvalue weighted by Crippen LogP contribution is -2.39. The van der Waals surface area contributed by atoms with Gasteiger partial charge in [0.2, 0.25) is 5.91 Å². The number of rotatable bonds is 7. The fourth-order valence-electron chi connectivity index (χ4n) is 2.40. The van der Waals surface area contributed by atoms with Crippen LogP contribution in [0.5, 0.6) is 5.75 Å². The summed E-state index contributed by atoms with van der Waals surface area (Å²) in [5.74, 6) is 0.00549. The molecule has 1 amide bonds. The van der Waals surface area contributed by atoms with E-state index in [1.165, 1.54) is 25.3 Å². The number of carbonyl (C=O) groups excluding carboxylic acids is 1. The number of hydrogen-bond donors (Lipinski definition) is 1. The molecule has 0 unspecified atom stereocenters. The molecule has 2 rings (SSSR count). The molecule has 2 aromatic carbocycles. The van der Waals surface area contributed by atoms with Gasteiger partial charge in [-0.3, -0.25) is 19.8 Å². The van der Waals surface area contributed by atoms with Crippen molar-refractivity contribution < 1.29 is 14.5 Å². The Morgan fingerprint density at radius 3 is 2.59 bits per heavy atom. The number of ether oxygens (including phenoxy) is 1. The standard InChI is InChI=1S/C18H19Cl2N3O4/c1-11(22(2)10-12-4-5-13(19)8-15(12)20)18(24)21-16-9-14(23(25)26)6-7-17(16)27-3/h4-9,11H,10H2,1-3H3,(H,21,24)/t11-/m1/s1. The predicted octanol–water partition coefficient (Wildman–Crippen LogP) is 4.37. The minimum atomic E-state index is -0.535. The predicted molar refractivity (Wildman–Crippen MR) is 106 cm³/mol. The number of likely N-dealkylation sites (N-methyl/N-ethyl adjacent to an activating group) is 1. The van der Waals surface area contributed by atoms with Gasteiger partial charge in [-0.15, -0.1) is 0 Å². The van der Waals surface area contributed by atoms with Gasteiger partial charge >= 0.3 is 0 Å². The summed E-state index contributed by atoms with van der Waals surface area (Å²) in [6.07, 6.45) is 0. The van der Waals surface area contributed by atoms with Gasteiger partial charge in [0.05, 0.1) is 23.8 Å². The van der Waals surface area contributed by atoms with Crippen molar-refractivity contribution in [1.29, 1.82) is 0 Å². The highest BCUT2D eigenvalue weighted by Gasteiger charge is 2.21. The summed E-state index contributed by atoms with van der Waals surface area (Å²) in [6, 6.07) is 8.66. The Morgan fingerprint density at radius 2 is 2.00 bits per heavy atom. The minimum Gasteiger partial charge on any atom is -0.495 e. The molecule has 0 radical (unpaired) electrons. The fraction of sp³-hybridized carbons (Fsp3) is 0.278. The molecule has 0 saturated carbocycles. The van der Waals surface area contributed by atoms with Crippen molar-refractivity contribution >= 4 is 40.5 Å². The molecular weight excluding hydrogens is 393 g/mol. The van der Waals surface area contributed by atoms with E-state index in [2.05, 4.69) is 5.32 Å². The first-order valence-electron chi connectivity index (χ1n) is 8.00. The molecule has 144 valence electrons. The number of methoxy groups -OCH3 is 1. The van der Waals surface area contributed by atoms with Gasteiger partial charge < -0.3 is 10.1 Å². The highest BCUT2D eigenvalue weighted by Crippen LogP contribution is 2.29. The monoisotopic (exact) mass is 411 g/mol. The topological polar surface area (TPSA) is 84.7 Å². The SMILES string of the molecule is COc1ccc([N+](=O)[O-])cc1NC(=O)[C@@H](C)N(C)Cc1ccc(Cl)cc1Cl. The van der Waals surface area contributed by atoms with E-state index in [0.717, 1.165) is 5.56 Å². The Morgan fingerprint density at radius 1 is 1.30 bits per heavy atom. The Balaban J connectivity index is 2.12. The molecule has 0 spiro atoms. The Bertz CT molecular complexity index is 860. The summed E-state index contributed by atoms with van der Waals surface area (Å²) in [7, 11) is 3.20. The van der Waals surface area contributed by atoms with Crippen molar-refractivity contribution in [3.8, 4) is 5.75 Å². The number of anilines is 1. The maximum Gasteiger partial charge on any atom is 0.271 e. The zero-order valence-corrected chi connectivity index (χ0v) is 16.5. The molecule has 0 bridgehead atoms. The van der Waals surface area contributed by atoms with Gasteiger partial charge in [-0.05, 0) is 37.7 Å². The van der Waals surface area contributed by atoms with Gasteiger partial charge in [-0.1, -0.05) is 29.3 Å². The quantitative estimate of drug-likeness (QED) is 0.539. The van der Waals surface area contributed by atoms with Gasteiger partial charge in [0.25, 0.3) is 5.69 Å². The average molecular weight is 412 g/mol. The van der Waals surface area contributed by atoms with Crippen LogP contribution in [0.15, 0.2) is 36.4 Å². The highest BCUT2D eigenvalue weighted by atomic mass is 35.5. The van der Waals surface area contributed by atoms with E-state index in [4.69, 9.17) is 27.9 Å². The molecule has 0 aromatic heterocycles. The van der Waals surface area contributed by atoms with Gasteiger partial charge in [0.1, 0.15) is 5.75 Å². The molecule has 0 saturated heterocycles. The molecule has 0 aliphatic rings. The Kier molecular flexibility index (Phi) is 7.01. The number of nitro groups is 1.